The molecule has 1 unspecified atom stereocenters. The molecule has 0 amide bonds. The fraction of sp³-hybridized carbons (Fsp3) is 1.00. The first-order valence-electron chi connectivity index (χ1n) is 8.13. The average Bonchev–Trinajstić information content (AvgIpc) is 2.40. The summed E-state index contributed by atoms with van der Waals surface area (Å²) in [4.78, 5) is 2.62. The molecule has 1 atom stereocenters. The molecule has 2 saturated heterocycles. The Hall–Kier alpha value is -0.120. The second kappa shape index (κ2) is 7.05. The lowest BCUT2D eigenvalue weighted by Crippen LogP contribution is -2.53. The summed E-state index contributed by atoms with van der Waals surface area (Å²) in [7, 11) is 1.85. The predicted molar refractivity (Wildman–Crippen MR) is 80.5 cm³/mol. The zero-order valence-electron chi connectivity index (χ0n) is 13.1. The van der Waals surface area contributed by atoms with Crippen molar-refractivity contribution in [1.29, 1.82) is 0 Å². The van der Waals surface area contributed by atoms with Gasteiger partial charge in [0, 0.05) is 18.7 Å². The number of methoxy groups -OCH3 is 1. The SMILES string of the molecule is COCC1(CC2CCN(C(C)C)CC2)CCCCN1. The van der Waals surface area contributed by atoms with Crippen LogP contribution in [0.1, 0.15) is 52.4 Å². The molecule has 3 heteroatoms. The maximum atomic E-state index is 5.51. The van der Waals surface area contributed by atoms with Gasteiger partial charge in [0.05, 0.1) is 6.61 Å². The van der Waals surface area contributed by atoms with Crippen LogP contribution in [0.25, 0.3) is 0 Å². The van der Waals surface area contributed by atoms with Crippen molar-refractivity contribution in [3.05, 3.63) is 0 Å². The average molecular weight is 268 g/mol. The number of nitrogens with zero attached hydrogens (tertiary/aromatic N) is 1. The molecule has 0 bridgehead atoms. The fourth-order valence-corrected chi connectivity index (χ4v) is 3.89. The van der Waals surface area contributed by atoms with E-state index in [4.69, 9.17) is 4.74 Å². The van der Waals surface area contributed by atoms with Crippen LogP contribution in [0.4, 0.5) is 0 Å². The zero-order chi connectivity index (χ0) is 13.7. The molecule has 19 heavy (non-hydrogen) atoms. The van der Waals surface area contributed by atoms with Gasteiger partial charge in [0.2, 0.25) is 0 Å². The first-order chi connectivity index (χ1) is 9.15. The Morgan fingerprint density at radius 1 is 1.26 bits per heavy atom. The first kappa shape index (κ1) is 15.3. The molecule has 0 radical (unpaired) electrons. The van der Waals surface area contributed by atoms with Crippen molar-refractivity contribution in [3.8, 4) is 0 Å². The number of ether oxygens (including phenoxy) is 1. The third kappa shape index (κ3) is 4.17. The van der Waals surface area contributed by atoms with Gasteiger partial charge in [-0.25, -0.2) is 0 Å². The van der Waals surface area contributed by atoms with E-state index in [1.165, 1.54) is 58.2 Å². The summed E-state index contributed by atoms with van der Waals surface area (Å²) in [6.45, 7) is 9.26. The predicted octanol–water partition coefficient (Wildman–Crippen LogP) is 2.66. The van der Waals surface area contributed by atoms with Crippen LogP contribution >= 0.6 is 0 Å². The monoisotopic (exact) mass is 268 g/mol. The zero-order valence-corrected chi connectivity index (χ0v) is 13.1. The van der Waals surface area contributed by atoms with E-state index in [-0.39, 0.29) is 5.54 Å². The standard InChI is InChI=1S/C16H32N2O/c1-14(2)18-10-6-15(7-11-18)12-16(13-19-3)8-4-5-9-17-16/h14-15,17H,4-13H2,1-3H3. The molecule has 0 aromatic heterocycles. The Bertz CT molecular complexity index is 248. The molecule has 0 spiro atoms. The normalized spacial score (nSPS) is 30.9. The maximum Gasteiger partial charge on any atom is 0.0644 e. The van der Waals surface area contributed by atoms with Gasteiger partial charge in [0.25, 0.3) is 0 Å². The molecule has 2 heterocycles. The highest BCUT2D eigenvalue weighted by Crippen LogP contribution is 2.32. The molecule has 0 saturated carbocycles. The van der Waals surface area contributed by atoms with Crippen molar-refractivity contribution in [1.82, 2.24) is 10.2 Å². The third-order valence-corrected chi connectivity index (χ3v) is 5.06. The number of nitrogens with one attached hydrogen (secondary N) is 1. The summed E-state index contributed by atoms with van der Waals surface area (Å²) in [5.41, 5.74) is 0.275. The minimum atomic E-state index is 0.275. The highest BCUT2D eigenvalue weighted by atomic mass is 16.5. The lowest BCUT2D eigenvalue weighted by molar-refractivity contribution is 0.0553. The van der Waals surface area contributed by atoms with Gasteiger partial charge in [-0.05, 0) is 71.5 Å². The topological polar surface area (TPSA) is 24.5 Å². The second-order valence-electron chi connectivity index (χ2n) is 6.87. The van der Waals surface area contributed by atoms with E-state index < -0.39 is 0 Å². The van der Waals surface area contributed by atoms with E-state index in [1.54, 1.807) is 0 Å². The van der Waals surface area contributed by atoms with E-state index in [0.717, 1.165) is 12.5 Å². The third-order valence-electron chi connectivity index (χ3n) is 5.06. The summed E-state index contributed by atoms with van der Waals surface area (Å²) in [6.07, 6.45) is 8.03. The molecule has 1 N–H and O–H groups in total. The van der Waals surface area contributed by atoms with Crippen LogP contribution in [-0.2, 0) is 4.74 Å². The van der Waals surface area contributed by atoms with Crippen LogP contribution in [0.2, 0.25) is 0 Å². The Balaban J connectivity index is 1.85. The van der Waals surface area contributed by atoms with Crippen molar-refractivity contribution in [3.63, 3.8) is 0 Å². The maximum absolute atomic E-state index is 5.51. The van der Waals surface area contributed by atoms with Gasteiger partial charge in [0.15, 0.2) is 0 Å². The molecular weight excluding hydrogens is 236 g/mol. The fourth-order valence-electron chi connectivity index (χ4n) is 3.89. The summed E-state index contributed by atoms with van der Waals surface area (Å²) in [5, 5.41) is 3.78. The van der Waals surface area contributed by atoms with Gasteiger partial charge in [-0.15, -0.1) is 0 Å². The van der Waals surface area contributed by atoms with Crippen LogP contribution in [-0.4, -0.2) is 49.8 Å². The van der Waals surface area contributed by atoms with Crippen LogP contribution in [0.5, 0.6) is 0 Å². The van der Waals surface area contributed by atoms with Gasteiger partial charge >= 0.3 is 0 Å². The lowest BCUT2D eigenvalue weighted by Gasteiger charge is -2.43. The van der Waals surface area contributed by atoms with Crippen LogP contribution < -0.4 is 5.32 Å². The highest BCUT2D eigenvalue weighted by Gasteiger charge is 2.35. The quantitative estimate of drug-likeness (QED) is 0.829. The molecule has 2 aliphatic rings. The van der Waals surface area contributed by atoms with Gasteiger partial charge in [0.1, 0.15) is 0 Å². The van der Waals surface area contributed by atoms with E-state index >= 15 is 0 Å². The van der Waals surface area contributed by atoms with Crippen molar-refractivity contribution < 1.29 is 4.74 Å². The van der Waals surface area contributed by atoms with Crippen LogP contribution in [0, 0.1) is 5.92 Å². The van der Waals surface area contributed by atoms with Crippen LogP contribution in [0.3, 0.4) is 0 Å². The van der Waals surface area contributed by atoms with Gasteiger partial charge in [-0.2, -0.15) is 0 Å². The number of piperidine rings is 2. The molecule has 112 valence electrons. The second-order valence-corrected chi connectivity index (χ2v) is 6.87. The number of likely N-dealkylation sites (tertiary alicyclic amines) is 1. The van der Waals surface area contributed by atoms with E-state index in [2.05, 4.69) is 24.1 Å². The van der Waals surface area contributed by atoms with E-state index in [1.807, 2.05) is 7.11 Å². The Kier molecular flexibility index (Phi) is 5.67. The molecule has 0 aliphatic carbocycles. The summed E-state index contributed by atoms with van der Waals surface area (Å²) >= 11 is 0. The molecule has 2 rings (SSSR count). The van der Waals surface area contributed by atoms with Crippen molar-refractivity contribution in [2.24, 2.45) is 5.92 Å². The molecule has 0 aromatic carbocycles. The highest BCUT2D eigenvalue weighted by molar-refractivity contribution is 4.93. The Labute approximate surface area is 119 Å². The largest absolute Gasteiger partial charge is 0.383 e. The molecule has 2 aliphatic heterocycles. The van der Waals surface area contributed by atoms with Crippen molar-refractivity contribution in [2.45, 2.75) is 64.0 Å². The summed E-state index contributed by atoms with van der Waals surface area (Å²) in [6, 6.07) is 0.710. The smallest absolute Gasteiger partial charge is 0.0644 e. The molecule has 0 aromatic rings. The lowest BCUT2D eigenvalue weighted by atomic mass is 9.78. The van der Waals surface area contributed by atoms with Gasteiger partial charge < -0.3 is 15.0 Å². The summed E-state index contributed by atoms with van der Waals surface area (Å²) in [5.74, 6) is 0.885. The Morgan fingerprint density at radius 2 is 2.00 bits per heavy atom. The minimum Gasteiger partial charge on any atom is -0.383 e. The van der Waals surface area contributed by atoms with Gasteiger partial charge in [-0.3, -0.25) is 0 Å². The number of hydrogen-bond acceptors (Lipinski definition) is 3. The molecule has 2 fully saturated rings. The minimum absolute atomic E-state index is 0.275. The van der Waals surface area contributed by atoms with E-state index in [0.29, 0.717) is 6.04 Å². The first-order valence-corrected chi connectivity index (χ1v) is 8.13. The number of hydrogen-bond donors (Lipinski definition) is 1. The Morgan fingerprint density at radius 3 is 2.53 bits per heavy atom. The van der Waals surface area contributed by atoms with Crippen LogP contribution in [0.15, 0.2) is 0 Å². The molecule has 3 nitrogen and oxygen atoms in total. The summed E-state index contributed by atoms with van der Waals surface area (Å²) < 4.78 is 5.51. The van der Waals surface area contributed by atoms with E-state index in [9.17, 15) is 0 Å². The van der Waals surface area contributed by atoms with Crippen molar-refractivity contribution in [2.75, 3.05) is 33.4 Å². The van der Waals surface area contributed by atoms with Gasteiger partial charge in [-0.1, -0.05) is 6.42 Å². The van der Waals surface area contributed by atoms with Crippen molar-refractivity contribution >= 4 is 0 Å². The number of rotatable bonds is 5. The molecular formula is C16H32N2O.